The highest BCUT2D eigenvalue weighted by Crippen LogP contribution is 2.43. The van der Waals surface area contributed by atoms with E-state index in [9.17, 15) is 47.8 Å². The van der Waals surface area contributed by atoms with Crippen LogP contribution in [0.1, 0.15) is 119 Å². The van der Waals surface area contributed by atoms with E-state index in [-0.39, 0.29) is 94.6 Å². The Morgan fingerprint density at radius 2 is 1.33 bits per heavy atom. The maximum atomic E-state index is 14.5. The molecule has 0 radical (unpaired) electrons. The van der Waals surface area contributed by atoms with Gasteiger partial charge in [0.25, 0.3) is 11.1 Å². The van der Waals surface area contributed by atoms with Crippen molar-refractivity contribution in [3.63, 3.8) is 0 Å². The van der Waals surface area contributed by atoms with Crippen molar-refractivity contribution in [3.05, 3.63) is 121 Å². The molecule has 0 bridgehead atoms. The topological polar surface area (TPSA) is 210 Å². The Balaban J connectivity index is 0.000000158. The number of nitrogen functional groups attached to an aromatic ring is 1. The van der Waals surface area contributed by atoms with E-state index in [1.54, 1.807) is 45.3 Å². The molecule has 18 heteroatoms. The Morgan fingerprint density at radius 3 is 1.88 bits per heavy atom. The van der Waals surface area contributed by atoms with Gasteiger partial charge in [-0.1, -0.05) is 27.7 Å². The SMILES string of the molecule is CCC(=O)c1c(N)cc(F)c(C)c1Br.CC[C@@]1(O)C(=O)OCc2c1cc1n(c2=O)CCC1=O.CCc1c2c(nc3cc(F)c(C)c(Br)c13)-c1cc3c(c(=O)n1C2)COC(=O)[C@]3(O)CC. The van der Waals surface area contributed by atoms with Gasteiger partial charge in [0.15, 0.2) is 22.8 Å². The average molecular weight is 1010 g/mol. The quantitative estimate of drug-likeness (QED) is 0.0905. The van der Waals surface area contributed by atoms with Crippen LogP contribution in [0.15, 0.2) is 42.8 Å². The van der Waals surface area contributed by atoms with Gasteiger partial charge in [0, 0.05) is 62.2 Å². The Kier molecular flexibility index (Phi) is 12.5. The first kappa shape index (κ1) is 46.6. The Morgan fingerprint density at radius 1 is 0.797 bits per heavy atom. The van der Waals surface area contributed by atoms with Crippen molar-refractivity contribution in [2.24, 2.45) is 0 Å². The number of rotatable bonds is 5. The summed E-state index contributed by atoms with van der Waals surface area (Å²) >= 11 is 6.71. The number of aryl methyl sites for hydroxylation is 1. The summed E-state index contributed by atoms with van der Waals surface area (Å²) in [6.07, 6.45) is 1.48. The molecule has 64 heavy (non-hydrogen) atoms. The number of aliphatic hydroxyl groups is 2. The Labute approximate surface area is 381 Å². The van der Waals surface area contributed by atoms with Crippen LogP contribution in [0.5, 0.6) is 0 Å². The standard InChI is InChI=1S/C23H20BrFN2O4.C13H13NO5.C10H11BrFNO/c1-4-11-12-8-27-17(20(12)26-16-7-15(25)10(3)19(24)18(11)16)6-14-13(21(27)28)9-31-22(29)23(14,30)5-2;1-2-13(18)8-5-9-10(15)3-4-14(9)11(16)7(8)6-19-12(13)17;1-3-8(14)9-7(13)4-6(12)5(2)10(9)11/h6-7,30H,4-5,8-9H2,1-3H3;5,18H,2-4,6H2,1H3;4H,3,13H2,1-2H3/t23-;13-;/m00./s1. The third-order valence-electron chi connectivity index (χ3n) is 12.5. The number of anilines is 1. The molecule has 0 fully saturated rings. The van der Waals surface area contributed by atoms with E-state index < -0.39 is 29.0 Å². The molecule has 4 aliphatic rings. The fraction of sp³-hybridized carbons (Fsp3) is 0.370. The van der Waals surface area contributed by atoms with Crippen LogP contribution in [-0.2, 0) is 63.0 Å². The molecule has 0 aliphatic carbocycles. The summed E-state index contributed by atoms with van der Waals surface area (Å²) in [5, 5.41) is 22.2. The summed E-state index contributed by atoms with van der Waals surface area (Å²) in [5.41, 5.74) is 7.51. The molecular weight excluding hydrogens is 966 g/mol. The van der Waals surface area contributed by atoms with E-state index in [0.717, 1.165) is 16.5 Å². The number of fused-ring (bicyclic) bond motifs is 7. The van der Waals surface area contributed by atoms with Gasteiger partial charge in [-0.3, -0.25) is 19.2 Å². The number of hydrogen-bond donors (Lipinski definition) is 3. The molecule has 0 unspecified atom stereocenters. The molecule has 5 aromatic rings. The highest BCUT2D eigenvalue weighted by Gasteiger charge is 2.47. The number of carbonyl (C=O) groups is 4. The second-order valence-electron chi connectivity index (χ2n) is 15.9. The largest absolute Gasteiger partial charge is 0.458 e. The van der Waals surface area contributed by atoms with E-state index in [4.69, 9.17) is 20.2 Å². The molecule has 14 nitrogen and oxygen atoms in total. The average Bonchev–Trinajstić information content (AvgIpc) is 3.84. The molecule has 0 saturated carbocycles. The van der Waals surface area contributed by atoms with Gasteiger partial charge in [-0.25, -0.2) is 23.4 Å². The van der Waals surface area contributed by atoms with Crippen molar-refractivity contribution in [2.75, 3.05) is 5.73 Å². The van der Waals surface area contributed by atoms with Gasteiger partial charge < -0.3 is 34.6 Å². The van der Waals surface area contributed by atoms with Crippen LogP contribution in [0.4, 0.5) is 14.5 Å². The fourth-order valence-electron chi connectivity index (χ4n) is 8.64. The van der Waals surface area contributed by atoms with E-state index in [1.807, 2.05) is 6.92 Å². The zero-order valence-corrected chi connectivity index (χ0v) is 38.9. The second kappa shape index (κ2) is 17.2. The molecule has 4 aliphatic heterocycles. The van der Waals surface area contributed by atoms with Crippen LogP contribution < -0.4 is 16.9 Å². The lowest BCUT2D eigenvalue weighted by molar-refractivity contribution is -0.172. The summed E-state index contributed by atoms with van der Waals surface area (Å²) in [7, 11) is 0. The van der Waals surface area contributed by atoms with Crippen LogP contribution in [0, 0.1) is 25.5 Å². The van der Waals surface area contributed by atoms with E-state index >= 15 is 0 Å². The number of pyridine rings is 3. The molecule has 4 N–H and O–H groups in total. The first-order chi connectivity index (χ1) is 30.2. The van der Waals surface area contributed by atoms with Crippen LogP contribution in [0.3, 0.4) is 0 Å². The van der Waals surface area contributed by atoms with Crippen molar-refractivity contribution in [2.45, 2.75) is 111 Å². The number of nitrogens with two attached hydrogens (primary N) is 1. The molecule has 0 spiro atoms. The predicted molar refractivity (Wildman–Crippen MR) is 238 cm³/mol. The summed E-state index contributed by atoms with van der Waals surface area (Å²) < 4.78 is 41.7. The van der Waals surface area contributed by atoms with Crippen LogP contribution in [0.2, 0.25) is 0 Å². The van der Waals surface area contributed by atoms with Crippen LogP contribution in [0.25, 0.3) is 22.3 Å². The summed E-state index contributed by atoms with van der Waals surface area (Å²) in [6.45, 7) is 10.7. The van der Waals surface area contributed by atoms with Crippen molar-refractivity contribution in [3.8, 4) is 11.4 Å². The number of halogens is 4. The van der Waals surface area contributed by atoms with Gasteiger partial charge in [-0.05, 0) is 99.9 Å². The minimum Gasteiger partial charge on any atom is -0.458 e. The maximum Gasteiger partial charge on any atom is 0.343 e. The molecule has 7 heterocycles. The zero-order chi connectivity index (χ0) is 46.9. The van der Waals surface area contributed by atoms with Crippen molar-refractivity contribution >= 4 is 72.0 Å². The number of hydrogen-bond acceptors (Lipinski definition) is 12. The highest BCUT2D eigenvalue weighted by atomic mass is 79.9. The number of carbonyl (C=O) groups excluding carboxylic acids is 4. The lowest BCUT2D eigenvalue weighted by Gasteiger charge is -2.31. The molecule has 336 valence electrons. The number of nitrogens with zero attached hydrogens (tertiary/aromatic N) is 3. The molecule has 2 atom stereocenters. The monoisotopic (exact) mass is 1010 g/mol. The number of ether oxygens (including phenoxy) is 2. The summed E-state index contributed by atoms with van der Waals surface area (Å²) in [4.78, 5) is 77.6. The first-order valence-corrected chi connectivity index (χ1v) is 22.2. The van der Waals surface area contributed by atoms with Crippen LogP contribution >= 0.6 is 31.9 Å². The van der Waals surface area contributed by atoms with Crippen molar-refractivity contribution < 1.29 is 47.6 Å². The number of aromatic nitrogens is 3. The highest BCUT2D eigenvalue weighted by molar-refractivity contribution is 9.11. The second-order valence-corrected chi connectivity index (χ2v) is 17.5. The smallest absolute Gasteiger partial charge is 0.343 e. The predicted octanol–water partition coefficient (Wildman–Crippen LogP) is 7.01. The minimum absolute atomic E-state index is 0.0807. The third-order valence-corrected chi connectivity index (χ3v) is 14.5. The summed E-state index contributed by atoms with van der Waals surface area (Å²) in [6, 6.07) is 5.73. The molecule has 3 aromatic heterocycles. The maximum absolute atomic E-state index is 14.5. The third kappa shape index (κ3) is 7.22. The number of benzene rings is 2. The zero-order valence-electron chi connectivity index (χ0n) is 35.8. The normalized spacial score (nSPS) is 19.0. The lowest BCUT2D eigenvalue weighted by Crippen LogP contribution is -2.44. The Hall–Kier alpha value is -5.43. The number of esters is 2. The summed E-state index contributed by atoms with van der Waals surface area (Å²) in [5.74, 6) is -2.51. The van der Waals surface area contributed by atoms with Crippen LogP contribution in [-0.4, -0.2) is 47.8 Å². The van der Waals surface area contributed by atoms with E-state index in [2.05, 4.69) is 31.9 Å². The van der Waals surface area contributed by atoms with E-state index in [1.165, 1.54) is 22.8 Å². The molecule has 9 rings (SSSR count). The van der Waals surface area contributed by atoms with Crippen molar-refractivity contribution in [1.82, 2.24) is 14.1 Å². The molecule has 2 aromatic carbocycles. The Bertz CT molecular complexity index is 3020. The molecular formula is C46H44Br2F2N4O10. The van der Waals surface area contributed by atoms with Gasteiger partial charge in [-0.15, -0.1) is 0 Å². The number of cyclic esters (lactones) is 2. The lowest BCUT2D eigenvalue weighted by atomic mass is 9.86. The number of Topliss-reactive ketones (excluding diaryl/α,β-unsaturated/α-hetero) is 2. The molecule has 0 saturated heterocycles. The minimum atomic E-state index is -1.87. The van der Waals surface area contributed by atoms with Gasteiger partial charge in [0.05, 0.1) is 45.8 Å². The van der Waals surface area contributed by atoms with Gasteiger partial charge in [0.2, 0.25) is 0 Å². The first-order valence-electron chi connectivity index (χ1n) is 20.6. The van der Waals surface area contributed by atoms with E-state index in [0.29, 0.717) is 68.5 Å². The van der Waals surface area contributed by atoms with Gasteiger partial charge in [-0.2, -0.15) is 0 Å². The fourth-order valence-corrected chi connectivity index (χ4v) is 9.91. The number of ketones is 2. The van der Waals surface area contributed by atoms with Crippen molar-refractivity contribution in [1.29, 1.82) is 0 Å². The van der Waals surface area contributed by atoms with Gasteiger partial charge in [0.1, 0.15) is 24.8 Å². The molecule has 0 amide bonds. The van der Waals surface area contributed by atoms with Gasteiger partial charge >= 0.3 is 11.9 Å².